The first-order valence-electron chi connectivity index (χ1n) is 8.86. The molecule has 0 saturated carbocycles. The molecule has 2 rings (SSSR count). The fourth-order valence-electron chi connectivity index (χ4n) is 2.92. The lowest BCUT2D eigenvalue weighted by atomic mass is 10.0. The molecular weight excluding hydrogens is 367 g/mol. The van der Waals surface area contributed by atoms with Gasteiger partial charge < -0.3 is 5.32 Å². The second kappa shape index (κ2) is 8.99. The van der Waals surface area contributed by atoms with Crippen LogP contribution in [0, 0.1) is 5.82 Å². The van der Waals surface area contributed by atoms with Crippen LogP contribution in [0.1, 0.15) is 30.5 Å². The van der Waals surface area contributed by atoms with Crippen molar-refractivity contribution in [3.8, 4) is 0 Å². The highest BCUT2D eigenvalue weighted by Gasteiger charge is 2.25. The van der Waals surface area contributed by atoms with E-state index in [9.17, 15) is 17.6 Å². The van der Waals surface area contributed by atoms with Crippen molar-refractivity contribution in [2.24, 2.45) is 0 Å². The molecule has 0 heterocycles. The smallest absolute Gasteiger partial charge is 0.241 e. The van der Waals surface area contributed by atoms with Crippen molar-refractivity contribution in [2.75, 3.05) is 17.1 Å². The van der Waals surface area contributed by atoms with Crippen molar-refractivity contribution in [3.05, 3.63) is 65.0 Å². The molecule has 0 atom stereocenters. The van der Waals surface area contributed by atoms with E-state index >= 15 is 0 Å². The van der Waals surface area contributed by atoms with Crippen molar-refractivity contribution < 1.29 is 17.6 Å². The number of benzene rings is 2. The number of hydrogen-bond donors (Lipinski definition) is 1. The van der Waals surface area contributed by atoms with Crippen molar-refractivity contribution in [2.45, 2.75) is 33.2 Å². The number of nitrogens with one attached hydrogen (secondary N) is 1. The number of halogens is 1. The third-order valence-corrected chi connectivity index (χ3v) is 5.45. The average molecular weight is 392 g/mol. The molecule has 2 aromatic carbocycles. The second-order valence-electron chi connectivity index (χ2n) is 6.27. The van der Waals surface area contributed by atoms with Crippen LogP contribution >= 0.6 is 0 Å². The van der Waals surface area contributed by atoms with Crippen LogP contribution in [0.2, 0.25) is 0 Å². The lowest BCUT2D eigenvalue weighted by molar-refractivity contribution is -0.119. The molecule has 0 bridgehead atoms. The van der Waals surface area contributed by atoms with Gasteiger partial charge in [-0.2, -0.15) is 0 Å². The van der Waals surface area contributed by atoms with E-state index in [2.05, 4.69) is 5.32 Å². The molecule has 0 aliphatic rings. The average Bonchev–Trinajstić information content (AvgIpc) is 2.64. The molecule has 0 saturated heterocycles. The second-order valence-corrected chi connectivity index (χ2v) is 8.18. The number of hydrogen-bond acceptors (Lipinski definition) is 3. The Morgan fingerprint density at radius 3 is 2.07 bits per heavy atom. The Morgan fingerprint density at radius 1 is 1.00 bits per heavy atom. The molecule has 0 aromatic heterocycles. The van der Waals surface area contributed by atoms with Gasteiger partial charge in [-0.25, -0.2) is 12.8 Å². The summed E-state index contributed by atoms with van der Waals surface area (Å²) in [6.45, 7) is 3.53. The summed E-state index contributed by atoms with van der Waals surface area (Å²) in [7, 11) is -3.67. The minimum absolute atomic E-state index is 0.000825. The Hall–Kier alpha value is -2.41. The van der Waals surface area contributed by atoms with Crippen molar-refractivity contribution >= 4 is 21.6 Å². The number of para-hydroxylation sites is 1. The van der Waals surface area contributed by atoms with E-state index in [1.807, 2.05) is 32.0 Å². The molecule has 0 aliphatic heterocycles. The third-order valence-electron chi connectivity index (χ3n) is 4.34. The molecule has 1 amide bonds. The van der Waals surface area contributed by atoms with Crippen molar-refractivity contribution in [1.29, 1.82) is 0 Å². The highest BCUT2D eigenvalue weighted by atomic mass is 32.2. The number of sulfonamides is 1. The van der Waals surface area contributed by atoms with E-state index in [1.165, 1.54) is 6.07 Å². The number of anilines is 1. The van der Waals surface area contributed by atoms with E-state index in [0.29, 0.717) is 24.1 Å². The lowest BCUT2D eigenvalue weighted by Crippen LogP contribution is -2.41. The van der Waals surface area contributed by atoms with E-state index in [0.717, 1.165) is 21.7 Å². The molecule has 2 aromatic rings. The molecule has 0 unspecified atom stereocenters. The Balaban J connectivity index is 2.26. The molecule has 5 nitrogen and oxygen atoms in total. The predicted molar refractivity (Wildman–Crippen MR) is 106 cm³/mol. The molecule has 1 N–H and O–H groups in total. The fraction of sp³-hybridized carbons (Fsp3) is 0.350. The zero-order valence-electron chi connectivity index (χ0n) is 15.8. The van der Waals surface area contributed by atoms with Crippen LogP contribution in [-0.2, 0) is 34.2 Å². The van der Waals surface area contributed by atoms with Gasteiger partial charge in [-0.3, -0.25) is 9.10 Å². The number of rotatable bonds is 8. The van der Waals surface area contributed by atoms with Gasteiger partial charge in [0.15, 0.2) is 0 Å². The molecule has 27 heavy (non-hydrogen) atoms. The maximum Gasteiger partial charge on any atom is 0.241 e. The van der Waals surface area contributed by atoms with E-state index < -0.39 is 21.7 Å². The number of nitrogens with zero attached hydrogens (tertiary/aromatic N) is 1. The molecule has 0 spiro atoms. The van der Waals surface area contributed by atoms with Crippen LogP contribution in [0.25, 0.3) is 0 Å². The van der Waals surface area contributed by atoms with Gasteiger partial charge in [0.05, 0.1) is 11.9 Å². The van der Waals surface area contributed by atoms with Crippen LogP contribution in [0.15, 0.2) is 42.5 Å². The Kier molecular flexibility index (Phi) is 6.96. The van der Waals surface area contributed by atoms with Gasteiger partial charge >= 0.3 is 0 Å². The van der Waals surface area contributed by atoms with E-state index in [1.54, 1.807) is 18.2 Å². The van der Waals surface area contributed by atoms with E-state index in [4.69, 9.17) is 0 Å². The Bertz CT molecular complexity index is 891. The summed E-state index contributed by atoms with van der Waals surface area (Å²) in [5, 5.41) is 2.60. The summed E-state index contributed by atoms with van der Waals surface area (Å²) in [5.41, 5.74) is 2.63. The summed E-state index contributed by atoms with van der Waals surface area (Å²) in [4.78, 5) is 12.4. The zero-order chi connectivity index (χ0) is 20.0. The molecule has 146 valence electrons. The summed E-state index contributed by atoms with van der Waals surface area (Å²) >= 11 is 0. The first-order valence-corrected chi connectivity index (χ1v) is 10.7. The van der Waals surface area contributed by atoms with E-state index in [-0.39, 0.29) is 13.1 Å². The normalized spacial score (nSPS) is 11.3. The van der Waals surface area contributed by atoms with Crippen molar-refractivity contribution in [3.63, 3.8) is 0 Å². The van der Waals surface area contributed by atoms with Crippen LogP contribution in [0.3, 0.4) is 0 Å². The summed E-state index contributed by atoms with van der Waals surface area (Å²) in [5.74, 6) is -0.904. The number of carbonyl (C=O) groups excluding carboxylic acids is 1. The molecule has 0 aliphatic carbocycles. The van der Waals surface area contributed by atoms with Gasteiger partial charge in [0.25, 0.3) is 0 Å². The van der Waals surface area contributed by atoms with Gasteiger partial charge in [0, 0.05) is 12.1 Å². The zero-order valence-corrected chi connectivity index (χ0v) is 16.6. The molecular formula is C20H25FN2O3S. The topological polar surface area (TPSA) is 66.5 Å². The number of aryl methyl sites for hydroxylation is 2. The highest BCUT2D eigenvalue weighted by Crippen LogP contribution is 2.28. The minimum atomic E-state index is -3.67. The highest BCUT2D eigenvalue weighted by molar-refractivity contribution is 7.92. The SMILES string of the molecule is CCc1cccc(CC)c1N(CC(=O)NCc1ccccc1F)S(C)(=O)=O. The lowest BCUT2D eigenvalue weighted by Gasteiger charge is -2.26. The standard InChI is InChI=1S/C20H25FN2O3S/c1-4-15-10-8-11-16(5-2)20(15)23(27(3,25)26)14-19(24)22-13-17-9-6-7-12-18(17)21/h6-12H,4-5,13-14H2,1-3H3,(H,22,24). The van der Waals surface area contributed by atoms with Crippen LogP contribution in [-0.4, -0.2) is 27.1 Å². The summed E-state index contributed by atoms with van der Waals surface area (Å²) in [6, 6.07) is 11.8. The quantitative estimate of drug-likeness (QED) is 0.751. The fourth-order valence-corrected chi connectivity index (χ4v) is 3.84. The predicted octanol–water partition coefficient (Wildman–Crippen LogP) is 3.03. The van der Waals surface area contributed by atoms with Crippen LogP contribution < -0.4 is 9.62 Å². The molecule has 0 radical (unpaired) electrons. The maximum absolute atomic E-state index is 13.7. The Morgan fingerprint density at radius 2 is 1.56 bits per heavy atom. The van der Waals surface area contributed by atoms with Crippen LogP contribution in [0.4, 0.5) is 10.1 Å². The molecule has 0 fully saturated rings. The van der Waals surface area contributed by atoms with Gasteiger partial charge in [0.1, 0.15) is 12.4 Å². The Labute approximate surface area is 160 Å². The third kappa shape index (κ3) is 5.29. The van der Waals surface area contributed by atoms with Crippen LogP contribution in [0.5, 0.6) is 0 Å². The number of amides is 1. The van der Waals surface area contributed by atoms with Crippen molar-refractivity contribution in [1.82, 2.24) is 5.32 Å². The van der Waals surface area contributed by atoms with Gasteiger partial charge in [-0.05, 0) is 30.0 Å². The minimum Gasteiger partial charge on any atom is -0.350 e. The van der Waals surface area contributed by atoms with Gasteiger partial charge in [-0.1, -0.05) is 50.2 Å². The number of carbonyl (C=O) groups is 1. The monoisotopic (exact) mass is 392 g/mol. The van der Waals surface area contributed by atoms with Gasteiger partial charge in [-0.15, -0.1) is 0 Å². The first-order chi connectivity index (χ1) is 12.8. The summed E-state index contributed by atoms with van der Waals surface area (Å²) in [6.07, 6.45) is 2.38. The largest absolute Gasteiger partial charge is 0.350 e. The van der Waals surface area contributed by atoms with Gasteiger partial charge in [0.2, 0.25) is 15.9 Å². The first kappa shape index (κ1) is 20.9. The maximum atomic E-state index is 13.7. The molecule has 7 heteroatoms. The summed E-state index contributed by atoms with van der Waals surface area (Å²) < 4.78 is 39.7.